The molecule has 0 bridgehead atoms. The van der Waals surface area contributed by atoms with Crippen molar-refractivity contribution in [1.82, 2.24) is 5.32 Å². The van der Waals surface area contributed by atoms with Gasteiger partial charge in [-0.25, -0.2) is 0 Å². The number of amides is 1. The Kier molecular flexibility index (Phi) is 5.28. The largest absolute Gasteiger partial charge is 0.492 e. The number of ether oxygens (including phenoxy) is 1. The average molecular weight is 359 g/mol. The first-order valence-electron chi connectivity index (χ1n) is 6.38. The van der Waals surface area contributed by atoms with Crippen molar-refractivity contribution in [3.63, 3.8) is 0 Å². The minimum absolute atomic E-state index is 0.0921. The predicted octanol–water partition coefficient (Wildman–Crippen LogP) is 2.88. The third-order valence-corrected chi connectivity index (χ3v) is 3.89. The number of fused-ring (bicyclic) bond motifs is 1. The maximum Gasteiger partial charge on any atom is 0.231 e. The van der Waals surface area contributed by atoms with Gasteiger partial charge >= 0.3 is 0 Å². The molecule has 1 unspecified atom stereocenters. The van der Waals surface area contributed by atoms with Crippen LogP contribution in [-0.2, 0) is 4.79 Å². The quantitative estimate of drug-likeness (QED) is 0.482. The minimum Gasteiger partial charge on any atom is -0.492 e. The lowest BCUT2D eigenvalue weighted by Gasteiger charge is -2.09. The molecule has 1 amide bonds. The van der Waals surface area contributed by atoms with E-state index in [-0.39, 0.29) is 11.8 Å². The Morgan fingerprint density at radius 1 is 1.33 bits per heavy atom. The number of carbonyl (C=O) groups is 1. The number of nitrogens with one attached hydrogen (secondary N) is 1. The summed E-state index contributed by atoms with van der Waals surface area (Å²) < 4.78 is 6.71. The highest BCUT2D eigenvalue weighted by atomic mass is 127. The van der Waals surface area contributed by atoms with Gasteiger partial charge in [0.1, 0.15) is 18.3 Å². The molecule has 1 N–H and O–H groups in total. The second kappa shape index (κ2) is 6.97. The van der Waals surface area contributed by atoms with Gasteiger partial charge in [0.05, 0.1) is 0 Å². The molecule has 0 radical (unpaired) electrons. The Hall–Kier alpha value is -0.780. The van der Waals surface area contributed by atoms with Crippen LogP contribution in [0, 0.1) is 0 Å². The van der Waals surface area contributed by atoms with Gasteiger partial charge in [-0.3, -0.25) is 4.79 Å². The van der Waals surface area contributed by atoms with E-state index < -0.39 is 0 Å². The molecule has 0 aromatic heterocycles. The van der Waals surface area contributed by atoms with Gasteiger partial charge in [-0.15, -0.1) is 0 Å². The number of hydrogen-bond acceptors (Lipinski definition) is 2. The highest BCUT2D eigenvalue weighted by molar-refractivity contribution is 14.1. The van der Waals surface area contributed by atoms with Crippen molar-refractivity contribution >= 4 is 28.5 Å². The maximum atomic E-state index is 12.0. The first-order valence-corrected chi connectivity index (χ1v) is 7.91. The fraction of sp³-hybridized carbons (Fsp3) is 0.500. The standard InChI is InChI=1S/C14H18INO2/c15-8-4-1-5-9-16-14(17)12-10-18-13-7-3-2-6-11(12)13/h2-3,6-7,12H,1,4-5,8-10H2,(H,16,17). The number of halogens is 1. The zero-order valence-corrected chi connectivity index (χ0v) is 12.5. The zero-order valence-electron chi connectivity index (χ0n) is 10.3. The molecule has 4 heteroatoms. The molecule has 1 aromatic rings. The van der Waals surface area contributed by atoms with Gasteiger partial charge < -0.3 is 10.1 Å². The summed E-state index contributed by atoms with van der Waals surface area (Å²) in [6.07, 6.45) is 3.47. The maximum absolute atomic E-state index is 12.0. The van der Waals surface area contributed by atoms with Crippen molar-refractivity contribution in [3.05, 3.63) is 29.8 Å². The molecule has 0 fully saturated rings. The molecule has 0 aliphatic carbocycles. The lowest BCUT2D eigenvalue weighted by molar-refractivity contribution is -0.122. The van der Waals surface area contributed by atoms with Gasteiger partial charge in [0.15, 0.2) is 0 Å². The van der Waals surface area contributed by atoms with Gasteiger partial charge in [0, 0.05) is 12.1 Å². The molecular formula is C14H18INO2. The van der Waals surface area contributed by atoms with E-state index in [4.69, 9.17) is 4.74 Å². The molecule has 1 aromatic carbocycles. The second-order valence-electron chi connectivity index (χ2n) is 4.44. The monoisotopic (exact) mass is 359 g/mol. The number of alkyl halides is 1. The van der Waals surface area contributed by atoms with E-state index in [1.807, 2.05) is 24.3 Å². The van der Waals surface area contributed by atoms with Crippen LogP contribution in [0.4, 0.5) is 0 Å². The van der Waals surface area contributed by atoms with Crippen LogP contribution in [-0.4, -0.2) is 23.5 Å². The number of para-hydroxylation sites is 1. The van der Waals surface area contributed by atoms with Crippen LogP contribution in [0.1, 0.15) is 30.7 Å². The van der Waals surface area contributed by atoms with E-state index >= 15 is 0 Å². The van der Waals surface area contributed by atoms with Crippen molar-refractivity contribution in [2.45, 2.75) is 25.2 Å². The summed E-state index contributed by atoms with van der Waals surface area (Å²) in [6.45, 7) is 1.24. The lowest BCUT2D eigenvalue weighted by Crippen LogP contribution is -2.30. The van der Waals surface area contributed by atoms with Crippen molar-refractivity contribution in [2.24, 2.45) is 0 Å². The van der Waals surface area contributed by atoms with Crippen LogP contribution < -0.4 is 10.1 Å². The summed E-state index contributed by atoms with van der Waals surface area (Å²) >= 11 is 2.38. The topological polar surface area (TPSA) is 38.3 Å². The molecule has 1 aliphatic heterocycles. The number of hydrogen-bond donors (Lipinski definition) is 1. The van der Waals surface area contributed by atoms with Crippen LogP contribution in [0.3, 0.4) is 0 Å². The molecule has 0 spiro atoms. The Balaban J connectivity index is 1.80. The highest BCUT2D eigenvalue weighted by Gasteiger charge is 2.29. The summed E-state index contributed by atoms with van der Waals surface area (Å²) in [7, 11) is 0. The van der Waals surface area contributed by atoms with E-state index in [0.29, 0.717) is 6.61 Å². The first-order chi connectivity index (χ1) is 8.83. The molecule has 18 heavy (non-hydrogen) atoms. The third-order valence-electron chi connectivity index (χ3n) is 3.13. The zero-order chi connectivity index (χ0) is 12.8. The van der Waals surface area contributed by atoms with Crippen LogP contribution in [0.2, 0.25) is 0 Å². The summed E-state index contributed by atoms with van der Waals surface area (Å²) in [5, 5.41) is 3.00. The fourth-order valence-electron chi connectivity index (χ4n) is 2.11. The van der Waals surface area contributed by atoms with E-state index in [1.165, 1.54) is 17.3 Å². The third kappa shape index (κ3) is 3.37. The molecular weight excluding hydrogens is 341 g/mol. The minimum atomic E-state index is -0.134. The number of carbonyl (C=O) groups excluding carboxylic acids is 1. The molecule has 0 saturated carbocycles. The summed E-state index contributed by atoms with van der Waals surface area (Å²) in [5.74, 6) is 0.808. The molecule has 1 atom stereocenters. The van der Waals surface area contributed by atoms with Gasteiger partial charge in [-0.1, -0.05) is 47.2 Å². The Bertz CT molecular complexity index is 409. The molecule has 2 rings (SSSR count). The first kappa shape index (κ1) is 13.6. The summed E-state index contributed by atoms with van der Waals surface area (Å²) in [4.78, 5) is 12.0. The SMILES string of the molecule is O=C(NCCCCCI)C1COc2ccccc21. The number of unbranched alkanes of at least 4 members (excludes halogenated alkanes) is 2. The van der Waals surface area contributed by atoms with Crippen molar-refractivity contribution in [2.75, 3.05) is 17.6 Å². The van der Waals surface area contributed by atoms with Gasteiger partial charge in [0.25, 0.3) is 0 Å². The van der Waals surface area contributed by atoms with E-state index in [2.05, 4.69) is 27.9 Å². The molecule has 0 saturated heterocycles. The van der Waals surface area contributed by atoms with Gasteiger partial charge in [0.2, 0.25) is 5.91 Å². The van der Waals surface area contributed by atoms with Crippen LogP contribution in [0.5, 0.6) is 5.75 Å². The predicted molar refractivity (Wildman–Crippen MR) is 80.4 cm³/mol. The molecule has 98 valence electrons. The van der Waals surface area contributed by atoms with E-state index in [9.17, 15) is 4.79 Å². The average Bonchev–Trinajstić information content (AvgIpc) is 2.82. The number of benzene rings is 1. The highest BCUT2D eigenvalue weighted by Crippen LogP contribution is 2.33. The lowest BCUT2D eigenvalue weighted by atomic mass is 10.0. The van der Waals surface area contributed by atoms with E-state index in [1.54, 1.807) is 0 Å². The Morgan fingerprint density at radius 3 is 3.00 bits per heavy atom. The van der Waals surface area contributed by atoms with Crippen molar-refractivity contribution in [1.29, 1.82) is 0 Å². The Morgan fingerprint density at radius 2 is 2.17 bits per heavy atom. The normalized spacial score (nSPS) is 17.1. The van der Waals surface area contributed by atoms with E-state index in [0.717, 1.165) is 24.3 Å². The fourth-order valence-corrected chi connectivity index (χ4v) is 2.65. The van der Waals surface area contributed by atoms with Crippen molar-refractivity contribution < 1.29 is 9.53 Å². The smallest absolute Gasteiger partial charge is 0.231 e. The molecule has 1 heterocycles. The second-order valence-corrected chi connectivity index (χ2v) is 5.52. The van der Waals surface area contributed by atoms with Crippen LogP contribution in [0.25, 0.3) is 0 Å². The van der Waals surface area contributed by atoms with Gasteiger partial charge in [-0.2, -0.15) is 0 Å². The van der Waals surface area contributed by atoms with Crippen LogP contribution in [0.15, 0.2) is 24.3 Å². The Labute approximate surface area is 121 Å². The van der Waals surface area contributed by atoms with Crippen LogP contribution >= 0.6 is 22.6 Å². The number of rotatable bonds is 6. The summed E-state index contributed by atoms with van der Waals surface area (Å²) in [6, 6.07) is 7.78. The molecule has 3 nitrogen and oxygen atoms in total. The molecule has 1 aliphatic rings. The van der Waals surface area contributed by atoms with Crippen molar-refractivity contribution in [3.8, 4) is 5.75 Å². The summed E-state index contributed by atoms with van der Waals surface area (Å²) in [5.41, 5.74) is 1.02. The van der Waals surface area contributed by atoms with Gasteiger partial charge in [-0.05, 0) is 23.3 Å².